The first-order valence-electron chi connectivity index (χ1n) is 11.6. The molecule has 1 amide bonds. The van der Waals surface area contributed by atoms with Gasteiger partial charge in [-0.1, -0.05) is 53.7 Å². The number of rotatable bonds is 10. The number of ether oxygens (including phenoxy) is 2. The van der Waals surface area contributed by atoms with E-state index in [1.54, 1.807) is 7.11 Å². The number of aryl methyl sites for hydroxylation is 1. The standard InChI is InChI=1S/C26H29N5O3S2/c1-16(2)31-24(18(4)34-22-9-7-6-8-21(22)33-5)29-30-26(31)36-15-23(32)28-25-27-20(14-35-25)19-12-10-17(3)11-13-19/h6-14,16,18H,15H2,1-5H3,(H,27,28,32). The van der Waals surface area contributed by atoms with Crippen LogP contribution in [-0.2, 0) is 4.79 Å². The Hall–Kier alpha value is -3.37. The first-order valence-corrected chi connectivity index (χ1v) is 13.4. The highest BCUT2D eigenvalue weighted by molar-refractivity contribution is 7.99. The Morgan fingerprint density at radius 2 is 1.81 bits per heavy atom. The van der Waals surface area contributed by atoms with Crippen molar-refractivity contribution in [2.24, 2.45) is 0 Å². The van der Waals surface area contributed by atoms with Crippen LogP contribution in [0.25, 0.3) is 11.3 Å². The van der Waals surface area contributed by atoms with E-state index >= 15 is 0 Å². The van der Waals surface area contributed by atoms with Gasteiger partial charge in [-0.3, -0.25) is 4.79 Å². The predicted octanol–water partition coefficient (Wildman–Crippen LogP) is 6.17. The molecule has 188 valence electrons. The lowest BCUT2D eigenvalue weighted by Crippen LogP contribution is -2.16. The average Bonchev–Trinajstić information content (AvgIpc) is 3.51. The lowest BCUT2D eigenvalue weighted by atomic mass is 10.1. The first kappa shape index (κ1) is 25.7. The van der Waals surface area contributed by atoms with Gasteiger partial charge in [-0.25, -0.2) is 4.98 Å². The molecule has 2 aromatic carbocycles. The zero-order valence-corrected chi connectivity index (χ0v) is 22.5. The van der Waals surface area contributed by atoms with Gasteiger partial charge in [0.1, 0.15) is 0 Å². The highest BCUT2D eigenvalue weighted by Crippen LogP contribution is 2.32. The van der Waals surface area contributed by atoms with E-state index in [1.807, 2.05) is 72.3 Å². The van der Waals surface area contributed by atoms with Gasteiger partial charge in [-0.2, -0.15) is 0 Å². The molecule has 1 N–H and O–H groups in total. The lowest BCUT2D eigenvalue weighted by molar-refractivity contribution is -0.113. The summed E-state index contributed by atoms with van der Waals surface area (Å²) in [7, 11) is 1.61. The summed E-state index contributed by atoms with van der Waals surface area (Å²) < 4.78 is 13.5. The van der Waals surface area contributed by atoms with E-state index in [0.717, 1.165) is 11.3 Å². The molecule has 1 atom stereocenters. The van der Waals surface area contributed by atoms with Crippen LogP contribution < -0.4 is 14.8 Å². The van der Waals surface area contributed by atoms with Crippen molar-refractivity contribution >= 4 is 34.1 Å². The number of nitrogens with zero attached hydrogens (tertiary/aromatic N) is 4. The molecule has 0 radical (unpaired) electrons. The van der Waals surface area contributed by atoms with Gasteiger partial charge in [-0.15, -0.1) is 21.5 Å². The van der Waals surface area contributed by atoms with Crippen LogP contribution in [0, 0.1) is 6.92 Å². The maximum Gasteiger partial charge on any atom is 0.236 e. The van der Waals surface area contributed by atoms with E-state index in [1.165, 1.54) is 28.7 Å². The Labute approximate surface area is 219 Å². The quantitative estimate of drug-likeness (QED) is 0.249. The largest absolute Gasteiger partial charge is 0.493 e. The van der Waals surface area contributed by atoms with Crippen molar-refractivity contribution in [1.29, 1.82) is 0 Å². The molecule has 4 aromatic rings. The molecule has 8 nitrogen and oxygen atoms in total. The van der Waals surface area contributed by atoms with Crippen LogP contribution in [0.5, 0.6) is 11.5 Å². The number of anilines is 1. The Bertz CT molecular complexity index is 1320. The summed E-state index contributed by atoms with van der Waals surface area (Å²) in [5, 5.41) is 14.8. The number of nitrogens with one attached hydrogen (secondary N) is 1. The zero-order chi connectivity index (χ0) is 25.7. The fourth-order valence-electron chi connectivity index (χ4n) is 3.58. The number of amides is 1. The molecule has 0 aliphatic heterocycles. The molecule has 0 fully saturated rings. The number of carbonyl (C=O) groups is 1. The highest BCUT2D eigenvalue weighted by atomic mass is 32.2. The van der Waals surface area contributed by atoms with Crippen molar-refractivity contribution in [3.63, 3.8) is 0 Å². The predicted molar refractivity (Wildman–Crippen MR) is 144 cm³/mol. The second-order valence-electron chi connectivity index (χ2n) is 8.46. The van der Waals surface area contributed by atoms with Crippen LogP contribution >= 0.6 is 23.1 Å². The number of aromatic nitrogens is 4. The summed E-state index contributed by atoms with van der Waals surface area (Å²) in [6.07, 6.45) is -0.366. The van der Waals surface area contributed by atoms with E-state index in [-0.39, 0.29) is 23.8 Å². The average molecular weight is 524 g/mol. The number of thioether (sulfide) groups is 1. The number of para-hydroxylation sites is 2. The van der Waals surface area contributed by atoms with E-state index in [2.05, 4.69) is 34.3 Å². The minimum Gasteiger partial charge on any atom is -0.493 e. The molecule has 36 heavy (non-hydrogen) atoms. The third-order valence-electron chi connectivity index (χ3n) is 5.37. The Morgan fingerprint density at radius 1 is 1.08 bits per heavy atom. The summed E-state index contributed by atoms with van der Waals surface area (Å²) >= 11 is 2.74. The summed E-state index contributed by atoms with van der Waals surface area (Å²) in [4.78, 5) is 17.2. The molecule has 0 bridgehead atoms. The fourth-order valence-corrected chi connectivity index (χ4v) is 5.19. The van der Waals surface area contributed by atoms with Crippen LogP contribution in [0.15, 0.2) is 59.1 Å². The molecule has 0 saturated heterocycles. The van der Waals surface area contributed by atoms with E-state index < -0.39 is 0 Å². The highest BCUT2D eigenvalue weighted by Gasteiger charge is 2.23. The van der Waals surface area contributed by atoms with Gasteiger partial charge in [0.05, 0.1) is 18.6 Å². The molecule has 0 saturated carbocycles. The normalized spacial score (nSPS) is 11.9. The van der Waals surface area contributed by atoms with Crippen LogP contribution in [0.4, 0.5) is 5.13 Å². The van der Waals surface area contributed by atoms with E-state index in [0.29, 0.717) is 27.6 Å². The zero-order valence-electron chi connectivity index (χ0n) is 20.9. The van der Waals surface area contributed by atoms with Gasteiger partial charge in [0.25, 0.3) is 0 Å². The molecule has 2 heterocycles. The SMILES string of the molecule is COc1ccccc1OC(C)c1nnc(SCC(=O)Nc2nc(-c3ccc(C)cc3)cs2)n1C(C)C. The number of carbonyl (C=O) groups excluding carboxylic acids is 1. The van der Waals surface area contributed by atoms with Crippen LogP contribution in [0.3, 0.4) is 0 Å². The van der Waals surface area contributed by atoms with Gasteiger partial charge in [0.2, 0.25) is 5.91 Å². The molecule has 0 spiro atoms. The minimum atomic E-state index is -0.366. The fraction of sp³-hybridized carbons (Fsp3) is 0.308. The van der Waals surface area contributed by atoms with Gasteiger partial charge in [0, 0.05) is 17.0 Å². The summed E-state index contributed by atoms with van der Waals surface area (Å²) in [5.41, 5.74) is 3.06. The minimum absolute atomic E-state index is 0.0836. The molecule has 0 aliphatic carbocycles. The van der Waals surface area contributed by atoms with Crippen molar-refractivity contribution < 1.29 is 14.3 Å². The number of hydrogen-bond acceptors (Lipinski definition) is 8. The number of thiazole rings is 1. The lowest BCUT2D eigenvalue weighted by Gasteiger charge is -2.19. The molecule has 10 heteroatoms. The van der Waals surface area contributed by atoms with Crippen molar-refractivity contribution in [3.05, 3.63) is 65.3 Å². The van der Waals surface area contributed by atoms with Gasteiger partial charge >= 0.3 is 0 Å². The molecule has 2 aromatic heterocycles. The molecular formula is C26H29N5O3S2. The molecule has 4 rings (SSSR count). The van der Waals surface area contributed by atoms with Crippen molar-refractivity contribution in [2.75, 3.05) is 18.2 Å². The number of hydrogen-bond donors (Lipinski definition) is 1. The van der Waals surface area contributed by atoms with E-state index in [4.69, 9.17) is 9.47 Å². The molecular weight excluding hydrogens is 494 g/mol. The monoisotopic (exact) mass is 523 g/mol. The van der Waals surface area contributed by atoms with Crippen LogP contribution in [-0.4, -0.2) is 38.5 Å². The maximum atomic E-state index is 12.6. The first-order chi connectivity index (χ1) is 17.4. The third kappa shape index (κ3) is 6.06. The second kappa shape index (κ2) is 11.6. The van der Waals surface area contributed by atoms with Crippen LogP contribution in [0.1, 0.15) is 44.3 Å². The topological polar surface area (TPSA) is 91.2 Å². The van der Waals surface area contributed by atoms with Gasteiger partial charge in [0.15, 0.2) is 33.7 Å². The summed E-state index contributed by atoms with van der Waals surface area (Å²) in [5.74, 6) is 2.00. The van der Waals surface area contributed by atoms with Crippen LogP contribution in [0.2, 0.25) is 0 Å². The third-order valence-corrected chi connectivity index (χ3v) is 7.07. The molecule has 0 aliphatic rings. The Kier molecular flexibility index (Phi) is 8.27. The van der Waals surface area contributed by atoms with Crippen molar-refractivity contribution in [2.45, 2.75) is 45.0 Å². The van der Waals surface area contributed by atoms with Crippen molar-refractivity contribution in [3.8, 4) is 22.8 Å². The smallest absolute Gasteiger partial charge is 0.236 e. The van der Waals surface area contributed by atoms with Gasteiger partial charge in [-0.05, 0) is 39.8 Å². The van der Waals surface area contributed by atoms with Crippen molar-refractivity contribution in [1.82, 2.24) is 19.7 Å². The molecule has 1 unspecified atom stereocenters. The number of benzene rings is 2. The maximum absolute atomic E-state index is 12.6. The number of methoxy groups -OCH3 is 1. The van der Waals surface area contributed by atoms with Gasteiger partial charge < -0.3 is 19.4 Å². The Morgan fingerprint density at radius 3 is 2.50 bits per heavy atom. The summed E-state index contributed by atoms with van der Waals surface area (Å²) in [6.45, 7) is 8.07. The Balaban J connectivity index is 1.40. The van der Waals surface area contributed by atoms with E-state index in [9.17, 15) is 4.79 Å². The summed E-state index contributed by atoms with van der Waals surface area (Å²) in [6, 6.07) is 15.7. The second-order valence-corrected chi connectivity index (χ2v) is 10.3.